The molecule has 0 aliphatic carbocycles. The molecule has 0 aliphatic heterocycles. The normalized spacial score (nSPS) is 11.3. The average Bonchev–Trinajstić information content (AvgIpc) is 2.73. The maximum Gasteiger partial charge on any atom is 0.0412 e. The molecule has 0 bridgehead atoms. The van der Waals surface area contributed by atoms with Crippen LogP contribution in [-0.2, 0) is 0 Å². The minimum atomic E-state index is 0.735. The van der Waals surface area contributed by atoms with E-state index >= 15 is 0 Å². The van der Waals surface area contributed by atoms with Gasteiger partial charge >= 0.3 is 0 Å². The van der Waals surface area contributed by atoms with Crippen LogP contribution in [0.3, 0.4) is 0 Å². The van der Waals surface area contributed by atoms with E-state index in [0.717, 1.165) is 24.9 Å². The highest BCUT2D eigenvalue weighted by molar-refractivity contribution is 9.11. The summed E-state index contributed by atoms with van der Waals surface area (Å²) in [4.78, 5) is 0. The van der Waals surface area contributed by atoms with Gasteiger partial charge in [-0.05, 0) is 68.1 Å². The highest BCUT2D eigenvalue weighted by atomic mass is 79.9. The van der Waals surface area contributed by atoms with Crippen LogP contribution in [0.4, 0.5) is 0 Å². The van der Waals surface area contributed by atoms with Crippen LogP contribution in [0.2, 0.25) is 5.02 Å². The predicted octanol–water partition coefficient (Wildman–Crippen LogP) is 9.51. The molecule has 5 rings (SSSR count). The van der Waals surface area contributed by atoms with Gasteiger partial charge in [0.25, 0.3) is 0 Å². The van der Waals surface area contributed by atoms with Crippen molar-refractivity contribution in [2.24, 2.45) is 0 Å². The van der Waals surface area contributed by atoms with Crippen molar-refractivity contribution in [1.29, 1.82) is 0 Å². The summed E-state index contributed by atoms with van der Waals surface area (Å²) in [5.74, 6) is 0. The Morgan fingerprint density at radius 3 is 1.48 bits per heavy atom. The SMILES string of the molecule is Clc1ccc2c(-c3ccccc3Br)c3ccccc3c(-c3ccccc3Br)c2c1. The van der Waals surface area contributed by atoms with Crippen LogP contribution in [0.5, 0.6) is 0 Å². The van der Waals surface area contributed by atoms with E-state index in [9.17, 15) is 0 Å². The van der Waals surface area contributed by atoms with Crippen molar-refractivity contribution < 1.29 is 0 Å². The van der Waals surface area contributed by atoms with E-state index in [0.29, 0.717) is 0 Å². The lowest BCUT2D eigenvalue weighted by Gasteiger charge is -2.19. The van der Waals surface area contributed by atoms with Gasteiger partial charge in [-0.15, -0.1) is 0 Å². The van der Waals surface area contributed by atoms with E-state index in [1.807, 2.05) is 18.2 Å². The van der Waals surface area contributed by atoms with Gasteiger partial charge in [0.2, 0.25) is 0 Å². The van der Waals surface area contributed by atoms with Crippen molar-refractivity contribution in [3.63, 3.8) is 0 Å². The Bertz CT molecular complexity index is 1390. The molecule has 0 nitrogen and oxygen atoms in total. The fourth-order valence-electron chi connectivity index (χ4n) is 4.06. The Kier molecular flexibility index (Phi) is 4.95. The monoisotopic (exact) mass is 520 g/mol. The van der Waals surface area contributed by atoms with Crippen LogP contribution >= 0.6 is 43.5 Å². The molecule has 0 aromatic heterocycles. The molecule has 140 valence electrons. The van der Waals surface area contributed by atoms with E-state index in [2.05, 4.69) is 105 Å². The molecule has 0 fully saturated rings. The second-order valence-electron chi connectivity index (χ2n) is 6.95. The molecule has 0 saturated carbocycles. The number of rotatable bonds is 2. The predicted molar refractivity (Wildman–Crippen MR) is 133 cm³/mol. The Balaban J connectivity index is 2.06. The smallest absolute Gasteiger partial charge is 0.0412 e. The van der Waals surface area contributed by atoms with E-state index in [1.165, 1.54) is 32.8 Å². The van der Waals surface area contributed by atoms with Crippen molar-refractivity contribution in [3.05, 3.63) is 105 Å². The maximum atomic E-state index is 6.48. The van der Waals surface area contributed by atoms with Crippen LogP contribution in [0.15, 0.2) is 99.9 Å². The average molecular weight is 523 g/mol. The lowest BCUT2D eigenvalue weighted by Crippen LogP contribution is -1.92. The Morgan fingerprint density at radius 2 is 0.931 bits per heavy atom. The molecule has 0 heterocycles. The van der Waals surface area contributed by atoms with Gasteiger partial charge in [0.05, 0.1) is 0 Å². The summed E-state index contributed by atoms with van der Waals surface area (Å²) in [6, 6.07) is 31.6. The Labute approximate surface area is 191 Å². The van der Waals surface area contributed by atoms with Gasteiger partial charge in [-0.3, -0.25) is 0 Å². The first-order valence-electron chi connectivity index (χ1n) is 9.29. The molecule has 3 heteroatoms. The van der Waals surface area contributed by atoms with Crippen molar-refractivity contribution in [2.75, 3.05) is 0 Å². The topological polar surface area (TPSA) is 0 Å². The van der Waals surface area contributed by atoms with Crippen molar-refractivity contribution in [1.82, 2.24) is 0 Å². The second kappa shape index (κ2) is 7.60. The highest BCUT2D eigenvalue weighted by Gasteiger charge is 2.18. The zero-order chi connectivity index (χ0) is 20.0. The third-order valence-electron chi connectivity index (χ3n) is 5.27. The minimum Gasteiger partial charge on any atom is -0.0843 e. The van der Waals surface area contributed by atoms with E-state index in [-0.39, 0.29) is 0 Å². The maximum absolute atomic E-state index is 6.48. The number of hydrogen-bond acceptors (Lipinski definition) is 0. The van der Waals surface area contributed by atoms with Crippen molar-refractivity contribution >= 4 is 65.0 Å². The lowest BCUT2D eigenvalue weighted by atomic mass is 9.86. The molecule has 5 aromatic carbocycles. The third kappa shape index (κ3) is 3.20. The quantitative estimate of drug-likeness (QED) is 0.203. The van der Waals surface area contributed by atoms with Crippen LogP contribution in [0, 0.1) is 0 Å². The van der Waals surface area contributed by atoms with Gasteiger partial charge in [0.1, 0.15) is 0 Å². The van der Waals surface area contributed by atoms with Gasteiger partial charge in [-0.1, -0.05) is 110 Å². The fraction of sp³-hybridized carbons (Fsp3) is 0. The summed E-state index contributed by atoms with van der Waals surface area (Å²) in [6.45, 7) is 0. The first kappa shape index (κ1) is 18.9. The fourth-order valence-corrected chi connectivity index (χ4v) is 5.20. The summed E-state index contributed by atoms with van der Waals surface area (Å²) in [5, 5.41) is 5.50. The van der Waals surface area contributed by atoms with E-state index < -0.39 is 0 Å². The van der Waals surface area contributed by atoms with Gasteiger partial charge in [-0.25, -0.2) is 0 Å². The zero-order valence-electron chi connectivity index (χ0n) is 15.3. The summed E-state index contributed by atoms with van der Waals surface area (Å²) >= 11 is 14.0. The zero-order valence-corrected chi connectivity index (χ0v) is 19.2. The largest absolute Gasteiger partial charge is 0.0843 e. The summed E-state index contributed by atoms with van der Waals surface area (Å²) in [7, 11) is 0. The third-order valence-corrected chi connectivity index (χ3v) is 6.89. The summed E-state index contributed by atoms with van der Waals surface area (Å²) in [5.41, 5.74) is 4.75. The first-order valence-corrected chi connectivity index (χ1v) is 11.3. The molecule has 0 N–H and O–H groups in total. The summed E-state index contributed by atoms with van der Waals surface area (Å²) in [6.07, 6.45) is 0. The Morgan fingerprint density at radius 1 is 0.483 bits per heavy atom. The Hall–Kier alpha value is -2.13. The molecule has 0 saturated heterocycles. The molecule has 5 aromatic rings. The van der Waals surface area contributed by atoms with Crippen LogP contribution in [-0.4, -0.2) is 0 Å². The molecule has 0 amide bonds. The molecular formula is C26H15Br2Cl. The molecular weight excluding hydrogens is 508 g/mol. The van der Waals surface area contributed by atoms with Crippen molar-refractivity contribution in [3.8, 4) is 22.3 Å². The van der Waals surface area contributed by atoms with E-state index in [4.69, 9.17) is 11.6 Å². The van der Waals surface area contributed by atoms with Gasteiger partial charge in [0.15, 0.2) is 0 Å². The van der Waals surface area contributed by atoms with Crippen LogP contribution < -0.4 is 0 Å². The van der Waals surface area contributed by atoms with Gasteiger partial charge in [0, 0.05) is 14.0 Å². The van der Waals surface area contributed by atoms with Gasteiger partial charge in [-0.2, -0.15) is 0 Å². The molecule has 0 unspecified atom stereocenters. The van der Waals surface area contributed by atoms with Crippen LogP contribution in [0.25, 0.3) is 43.8 Å². The summed E-state index contributed by atoms with van der Waals surface area (Å²) < 4.78 is 2.15. The first-order chi connectivity index (χ1) is 14.1. The molecule has 0 spiro atoms. The number of fused-ring (bicyclic) bond motifs is 2. The lowest BCUT2D eigenvalue weighted by molar-refractivity contribution is 1.61. The number of hydrogen-bond donors (Lipinski definition) is 0. The number of halogens is 3. The van der Waals surface area contributed by atoms with E-state index in [1.54, 1.807) is 0 Å². The van der Waals surface area contributed by atoms with Crippen LogP contribution in [0.1, 0.15) is 0 Å². The molecule has 29 heavy (non-hydrogen) atoms. The molecule has 0 atom stereocenters. The number of benzene rings is 5. The molecule has 0 aliphatic rings. The van der Waals surface area contributed by atoms with Crippen molar-refractivity contribution in [2.45, 2.75) is 0 Å². The minimum absolute atomic E-state index is 0.735. The second-order valence-corrected chi connectivity index (χ2v) is 9.09. The highest BCUT2D eigenvalue weighted by Crippen LogP contribution is 2.46. The molecule has 0 radical (unpaired) electrons. The van der Waals surface area contributed by atoms with Gasteiger partial charge < -0.3 is 0 Å². The standard InChI is InChI=1S/C26H15Br2Cl/c27-23-11-5-3-9-20(23)25-17-7-1-2-8-18(17)26(21-10-4-6-12-24(21)28)22-15-16(29)13-14-19(22)25/h1-15H.